The summed E-state index contributed by atoms with van der Waals surface area (Å²) in [4.78, 5) is 25.4. The maximum absolute atomic E-state index is 12.3. The molecule has 1 aliphatic heterocycles. The topological polar surface area (TPSA) is 69.6 Å². The molecule has 0 bridgehead atoms. The second kappa shape index (κ2) is 6.46. The van der Waals surface area contributed by atoms with Crippen LogP contribution < -0.4 is 5.32 Å². The zero-order valence-corrected chi connectivity index (χ0v) is 12.4. The van der Waals surface area contributed by atoms with E-state index in [2.05, 4.69) is 5.32 Å². The van der Waals surface area contributed by atoms with Crippen molar-refractivity contribution >= 4 is 12.0 Å². The van der Waals surface area contributed by atoms with Crippen LogP contribution >= 0.6 is 0 Å². The van der Waals surface area contributed by atoms with Crippen LogP contribution in [0.3, 0.4) is 0 Å². The lowest BCUT2D eigenvalue weighted by atomic mass is 9.84. The minimum atomic E-state index is -0.773. The van der Waals surface area contributed by atoms with Crippen LogP contribution in [0.5, 0.6) is 0 Å². The first kappa shape index (κ1) is 15.1. The van der Waals surface area contributed by atoms with E-state index in [0.29, 0.717) is 25.9 Å². The minimum absolute atomic E-state index is 0.0755. The van der Waals surface area contributed by atoms with Crippen LogP contribution in [0.25, 0.3) is 0 Å². The van der Waals surface area contributed by atoms with E-state index in [1.807, 2.05) is 6.92 Å². The summed E-state index contributed by atoms with van der Waals surface area (Å²) in [5.74, 6) is -0.773. The van der Waals surface area contributed by atoms with Crippen molar-refractivity contribution in [3.05, 3.63) is 0 Å². The Hall–Kier alpha value is -1.26. The van der Waals surface area contributed by atoms with E-state index < -0.39 is 11.4 Å². The Labute approximate surface area is 120 Å². The summed E-state index contributed by atoms with van der Waals surface area (Å²) >= 11 is 0. The fraction of sp³-hybridized carbons (Fsp3) is 0.867. The zero-order chi connectivity index (χ0) is 14.6. The molecule has 114 valence electrons. The highest BCUT2D eigenvalue weighted by Crippen LogP contribution is 2.34. The number of rotatable bonds is 3. The van der Waals surface area contributed by atoms with Crippen LogP contribution in [0.2, 0.25) is 0 Å². The van der Waals surface area contributed by atoms with Crippen molar-refractivity contribution in [2.45, 2.75) is 64.3 Å². The molecule has 5 nitrogen and oxygen atoms in total. The van der Waals surface area contributed by atoms with Crippen molar-refractivity contribution in [1.82, 2.24) is 10.2 Å². The number of carboxylic acids is 1. The van der Waals surface area contributed by atoms with Crippen LogP contribution in [-0.2, 0) is 4.79 Å². The molecular formula is C15H26N2O3. The molecule has 2 amide bonds. The van der Waals surface area contributed by atoms with Crippen molar-refractivity contribution in [3.8, 4) is 0 Å². The van der Waals surface area contributed by atoms with Gasteiger partial charge in [0.1, 0.15) is 0 Å². The number of carbonyl (C=O) groups is 2. The minimum Gasteiger partial charge on any atom is -0.481 e. The van der Waals surface area contributed by atoms with Gasteiger partial charge in [0.05, 0.1) is 5.41 Å². The summed E-state index contributed by atoms with van der Waals surface area (Å²) in [5, 5.41) is 12.5. The molecule has 0 aromatic carbocycles. The number of aliphatic carboxylic acids is 1. The molecule has 0 radical (unpaired) electrons. The normalized spacial score (nSPS) is 28.1. The Bertz CT molecular complexity index is 364. The molecule has 2 rings (SSSR count). The quantitative estimate of drug-likeness (QED) is 0.782. The third kappa shape index (κ3) is 3.25. The molecule has 1 aliphatic carbocycles. The molecule has 2 fully saturated rings. The summed E-state index contributed by atoms with van der Waals surface area (Å²) in [7, 11) is 0. The number of carboxylic acid groups (broad SMARTS) is 1. The second-order valence-electron chi connectivity index (χ2n) is 6.25. The number of carbonyl (C=O) groups excluding carboxylic acids is 1. The summed E-state index contributed by atoms with van der Waals surface area (Å²) < 4.78 is 0. The van der Waals surface area contributed by atoms with Gasteiger partial charge in [-0.1, -0.05) is 32.6 Å². The van der Waals surface area contributed by atoms with E-state index in [1.165, 1.54) is 25.7 Å². The molecule has 1 saturated heterocycles. The molecule has 0 spiro atoms. The van der Waals surface area contributed by atoms with Crippen molar-refractivity contribution in [3.63, 3.8) is 0 Å². The van der Waals surface area contributed by atoms with Crippen LogP contribution in [-0.4, -0.2) is 41.1 Å². The predicted octanol–water partition coefficient (Wildman–Crippen LogP) is 2.61. The lowest BCUT2D eigenvalue weighted by Crippen LogP contribution is -2.45. The van der Waals surface area contributed by atoms with Gasteiger partial charge in [0.25, 0.3) is 0 Å². The maximum Gasteiger partial charge on any atom is 0.317 e. The number of nitrogens with zero attached hydrogens (tertiary/aromatic N) is 1. The molecule has 0 aromatic heterocycles. The average molecular weight is 282 g/mol. The molecule has 1 heterocycles. The van der Waals surface area contributed by atoms with Crippen molar-refractivity contribution in [1.29, 1.82) is 0 Å². The Morgan fingerprint density at radius 3 is 2.40 bits per heavy atom. The lowest BCUT2D eigenvalue weighted by molar-refractivity contribution is -0.148. The van der Waals surface area contributed by atoms with E-state index in [-0.39, 0.29) is 12.1 Å². The van der Waals surface area contributed by atoms with Gasteiger partial charge in [-0.25, -0.2) is 4.79 Å². The van der Waals surface area contributed by atoms with Crippen molar-refractivity contribution in [2.24, 2.45) is 5.41 Å². The van der Waals surface area contributed by atoms with Gasteiger partial charge in [0, 0.05) is 19.1 Å². The van der Waals surface area contributed by atoms with Gasteiger partial charge in [0.15, 0.2) is 0 Å². The van der Waals surface area contributed by atoms with E-state index in [1.54, 1.807) is 4.90 Å². The number of likely N-dealkylation sites (tertiary alicyclic amines) is 1. The standard InChI is InChI=1S/C15H26N2O3/c1-2-15(13(18)19)9-10-17(11-15)14(20)16-12-7-5-3-4-6-8-12/h12H,2-11H2,1H3,(H,16,20)(H,18,19). The fourth-order valence-electron chi connectivity index (χ4n) is 3.35. The molecule has 20 heavy (non-hydrogen) atoms. The summed E-state index contributed by atoms with van der Waals surface area (Å²) in [6, 6.07) is 0.194. The highest BCUT2D eigenvalue weighted by atomic mass is 16.4. The van der Waals surface area contributed by atoms with Crippen LogP contribution in [0.4, 0.5) is 4.79 Å². The third-order valence-corrected chi connectivity index (χ3v) is 4.95. The highest BCUT2D eigenvalue weighted by Gasteiger charge is 2.44. The zero-order valence-electron chi connectivity index (χ0n) is 12.4. The van der Waals surface area contributed by atoms with E-state index >= 15 is 0 Å². The predicted molar refractivity (Wildman–Crippen MR) is 76.6 cm³/mol. The lowest BCUT2D eigenvalue weighted by Gasteiger charge is -2.25. The number of nitrogens with one attached hydrogen (secondary N) is 1. The third-order valence-electron chi connectivity index (χ3n) is 4.95. The molecule has 1 unspecified atom stereocenters. The monoisotopic (exact) mass is 282 g/mol. The number of amides is 2. The number of hydrogen-bond donors (Lipinski definition) is 2. The van der Waals surface area contributed by atoms with Crippen molar-refractivity contribution in [2.75, 3.05) is 13.1 Å². The first-order valence-electron chi connectivity index (χ1n) is 7.86. The first-order valence-corrected chi connectivity index (χ1v) is 7.86. The Balaban J connectivity index is 1.89. The van der Waals surface area contributed by atoms with E-state index in [0.717, 1.165) is 12.8 Å². The highest BCUT2D eigenvalue weighted by molar-refractivity contribution is 5.79. The van der Waals surface area contributed by atoms with E-state index in [9.17, 15) is 14.7 Å². The number of urea groups is 1. The van der Waals surface area contributed by atoms with Gasteiger partial charge in [-0.05, 0) is 25.7 Å². The molecule has 2 aliphatic rings. The summed E-state index contributed by atoms with van der Waals surface area (Å²) in [6.07, 6.45) is 8.13. The smallest absolute Gasteiger partial charge is 0.317 e. The summed E-state index contributed by atoms with van der Waals surface area (Å²) in [6.45, 7) is 2.79. The van der Waals surface area contributed by atoms with Crippen molar-refractivity contribution < 1.29 is 14.7 Å². The van der Waals surface area contributed by atoms with Gasteiger partial charge in [-0.3, -0.25) is 4.79 Å². The van der Waals surface area contributed by atoms with Gasteiger partial charge in [-0.15, -0.1) is 0 Å². The van der Waals surface area contributed by atoms with Gasteiger partial charge in [0.2, 0.25) is 0 Å². The Kier molecular flexibility index (Phi) is 4.89. The fourth-order valence-corrected chi connectivity index (χ4v) is 3.35. The molecule has 2 N–H and O–H groups in total. The van der Waals surface area contributed by atoms with Crippen LogP contribution in [0, 0.1) is 5.41 Å². The van der Waals surface area contributed by atoms with Gasteiger partial charge >= 0.3 is 12.0 Å². The van der Waals surface area contributed by atoms with E-state index in [4.69, 9.17) is 0 Å². The largest absolute Gasteiger partial charge is 0.481 e. The molecule has 0 aromatic rings. The SMILES string of the molecule is CCC1(C(=O)O)CCN(C(=O)NC2CCCCCC2)C1. The number of hydrogen-bond acceptors (Lipinski definition) is 2. The maximum atomic E-state index is 12.3. The Morgan fingerprint density at radius 2 is 1.90 bits per heavy atom. The van der Waals surface area contributed by atoms with Crippen LogP contribution in [0.1, 0.15) is 58.3 Å². The Morgan fingerprint density at radius 1 is 1.25 bits per heavy atom. The van der Waals surface area contributed by atoms with Gasteiger partial charge in [-0.2, -0.15) is 0 Å². The first-order chi connectivity index (χ1) is 9.57. The molecule has 1 atom stereocenters. The molecule has 5 heteroatoms. The van der Waals surface area contributed by atoms with Crippen LogP contribution in [0.15, 0.2) is 0 Å². The molecule has 1 saturated carbocycles. The second-order valence-corrected chi connectivity index (χ2v) is 6.25. The molecular weight excluding hydrogens is 256 g/mol. The average Bonchev–Trinajstić information content (AvgIpc) is 2.73. The summed E-state index contributed by atoms with van der Waals surface area (Å²) in [5.41, 5.74) is -0.735. The van der Waals surface area contributed by atoms with Gasteiger partial charge < -0.3 is 15.3 Å².